The first-order valence-electron chi connectivity index (χ1n) is 12.5. The molecule has 1 heterocycles. The van der Waals surface area contributed by atoms with Gasteiger partial charge in [-0.05, 0) is 44.9 Å². The predicted octanol–water partition coefficient (Wildman–Crippen LogP) is 7.56. The molecule has 2 rings (SSSR count). The van der Waals surface area contributed by atoms with Crippen LogP contribution in [0.15, 0.2) is 18.2 Å². The average molecular weight is 499 g/mol. The summed E-state index contributed by atoms with van der Waals surface area (Å²) in [5.74, 6) is 0.851. The highest BCUT2D eigenvalue weighted by Crippen LogP contribution is 2.28. The molecule has 0 fully saturated rings. The molecular weight excluding hydrogens is 457 g/mol. The van der Waals surface area contributed by atoms with Gasteiger partial charge in [-0.1, -0.05) is 75.1 Å². The van der Waals surface area contributed by atoms with Crippen molar-refractivity contribution in [2.45, 2.75) is 102 Å². The number of hydrogen-bond donors (Lipinski definition) is 0. The lowest BCUT2D eigenvalue weighted by Crippen LogP contribution is -2.34. The molecule has 0 radical (unpaired) electrons. The zero-order valence-corrected chi connectivity index (χ0v) is 22.3. The number of carbonyl (C=O) groups excluding carboxylic acids is 1. The number of hydrogen-bond acceptors (Lipinski definition) is 4. The van der Waals surface area contributed by atoms with Crippen LogP contribution in [0, 0.1) is 0 Å². The number of nitrogens with zero attached hydrogens (tertiary/aromatic N) is 3. The van der Waals surface area contributed by atoms with E-state index in [0.29, 0.717) is 13.0 Å². The summed E-state index contributed by atoms with van der Waals surface area (Å²) in [5, 5.41) is 0. The molecule has 2 aromatic rings. The summed E-state index contributed by atoms with van der Waals surface area (Å²) in [7, 11) is 2.01. The molecule has 7 heteroatoms. The first kappa shape index (κ1) is 27.8. The van der Waals surface area contributed by atoms with Crippen LogP contribution in [-0.4, -0.2) is 33.1 Å². The summed E-state index contributed by atoms with van der Waals surface area (Å²) in [6.07, 6.45) is 11.8. The Balaban J connectivity index is 1.75. The lowest BCUT2D eigenvalue weighted by molar-refractivity contribution is -0.143. The zero-order chi connectivity index (χ0) is 24.2. The Kier molecular flexibility index (Phi) is 12.4. The zero-order valence-electron chi connectivity index (χ0n) is 20.8. The van der Waals surface area contributed by atoms with Crippen molar-refractivity contribution in [3.05, 3.63) is 24.0 Å². The molecule has 0 saturated heterocycles. The molecule has 2 unspecified atom stereocenters. The minimum atomic E-state index is -0.227. The van der Waals surface area contributed by atoms with E-state index >= 15 is 0 Å². The molecule has 0 N–H and O–H groups in total. The van der Waals surface area contributed by atoms with E-state index in [2.05, 4.69) is 11.5 Å². The molecule has 0 aliphatic heterocycles. The van der Waals surface area contributed by atoms with Gasteiger partial charge in [0.25, 0.3) is 0 Å². The van der Waals surface area contributed by atoms with Crippen LogP contribution in [0.5, 0.6) is 0 Å². The van der Waals surface area contributed by atoms with E-state index in [1.54, 1.807) is 0 Å². The van der Waals surface area contributed by atoms with Gasteiger partial charge in [-0.15, -0.1) is 0 Å². The van der Waals surface area contributed by atoms with Gasteiger partial charge in [-0.3, -0.25) is 4.79 Å². The average Bonchev–Trinajstić information content (AvgIpc) is 3.07. The van der Waals surface area contributed by atoms with Gasteiger partial charge >= 0.3 is 5.97 Å². The Morgan fingerprint density at radius 3 is 2.30 bits per heavy atom. The van der Waals surface area contributed by atoms with Crippen molar-refractivity contribution in [2.75, 3.05) is 11.5 Å². The topological polar surface area (TPSA) is 47.4 Å². The number of anilines is 1. The van der Waals surface area contributed by atoms with Gasteiger partial charge in [0.15, 0.2) is 0 Å². The first-order chi connectivity index (χ1) is 15.8. The van der Waals surface area contributed by atoms with Crippen molar-refractivity contribution in [1.29, 1.82) is 0 Å². The lowest BCUT2D eigenvalue weighted by Gasteiger charge is -2.29. The summed E-state index contributed by atoms with van der Waals surface area (Å²) in [6, 6.07) is 6.09. The van der Waals surface area contributed by atoms with E-state index in [1.165, 1.54) is 38.5 Å². The van der Waals surface area contributed by atoms with Gasteiger partial charge in [0.05, 0.1) is 17.6 Å². The van der Waals surface area contributed by atoms with Gasteiger partial charge in [-0.2, -0.15) is 0 Å². The number of benzene rings is 1. The third kappa shape index (κ3) is 9.01. The van der Waals surface area contributed by atoms with Crippen LogP contribution in [0.4, 0.5) is 5.69 Å². The summed E-state index contributed by atoms with van der Waals surface area (Å²) >= 11 is 12.6. The van der Waals surface area contributed by atoms with Crippen molar-refractivity contribution in [1.82, 2.24) is 9.55 Å². The van der Waals surface area contributed by atoms with Gasteiger partial charge in [-0.25, -0.2) is 4.98 Å². The maximum atomic E-state index is 12.1. The molecule has 1 aromatic carbocycles. The number of esters is 1. The quantitative estimate of drug-likeness (QED) is 0.104. The number of aryl methyl sites for hydroxylation is 2. The molecule has 1 aromatic heterocycles. The molecule has 0 aliphatic rings. The van der Waals surface area contributed by atoms with Crippen molar-refractivity contribution in [3.8, 4) is 0 Å². The van der Waals surface area contributed by atoms with Crippen LogP contribution < -0.4 is 4.90 Å². The molecular formula is C26H41Cl2N3O2. The number of imidazole rings is 1. The predicted molar refractivity (Wildman–Crippen MR) is 140 cm³/mol. The SMILES string of the molecule is CCCCCCCCCCOC(=O)CCCc1nc2cc(N(C(C)Cl)C(C)Cl)ccc2n1C. The number of carbonyl (C=O) groups is 1. The molecule has 2 atom stereocenters. The fourth-order valence-corrected chi connectivity index (χ4v) is 4.82. The minimum Gasteiger partial charge on any atom is -0.466 e. The van der Waals surface area contributed by atoms with Crippen molar-refractivity contribution in [2.24, 2.45) is 7.05 Å². The second kappa shape index (κ2) is 14.7. The summed E-state index contributed by atoms with van der Waals surface area (Å²) in [4.78, 5) is 18.8. The maximum Gasteiger partial charge on any atom is 0.305 e. The monoisotopic (exact) mass is 497 g/mol. The summed E-state index contributed by atoms with van der Waals surface area (Å²) < 4.78 is 7.49. The third-order valence-corrected chi connectivity index (χ3v) is 6.48. The molecule has 5 nitrogen and oxygen atoms in total. The molecule has 186 valence electrons. The number of unbranched alkanes of at least 4 members (excludes halogenated alkanes) is 7. The molecule has 33 heavy (non-hydrogen) atoms. The van der Waals surface area contributed by atoms with Gasteiger partial charge in [0.1, 0.15) is 16.8 Å². The highest BCUT2D eigenvalue weighted by molar-refractivity contribution is 6.25. The first-order valence-corrected chi connectivity index (χ1v) is 13.4. The van der Waals surface area contributed by atoms with E-state index in [0.717, 1.165) is 48.2 Å². The molecule has 0 bridgehead atoms. The molecule has 0 amide bonds. The smallest absolute Gasteiger partial charge is 0.305 e. The molecule has 0 aliphatic carbocycles. The van der Waals surface area contributed by atoms with E-state index in [-0.39, 0.29) is 17.0 Å². The van der Waals surface area contributed by atoms with E-state index < -0.39 is 0 Å². The van der Waals surface area contributed by atoms with E-state index in [4.69, 9.17) is 32.9 Å². The minimum absolute atomic E-state index is 0.109. The van der Waals surface area contributed by atoms with Crippen molar-refractivity contribution < 1.29 is 9.53 Å². The Morgan fingerprint density at radius 1 is 1.03 bits per heavy atom. The summed E-state index contributed by atoms with van der Waals surface area (Å²) in [5.41, 5.74) is 2.45. The van der Waals surface area contributed by atoms with Crippen molar-refractivity contribution in [3.63, 3.8) is 0 Å². The van der Waals surface area contributed by atoms with Crippen LogP contribution >= 0.6 is 23.2 Å². The molecule has 0 saturated carbocycles. The Labute approximate surface area is 209 Å². The van der Waals surface area contributed by atoms with Crippen LogP contribution in [0.3, 0.4) is 0 Å². The Morgan fingerprint density at radius 2 is 1.67 bits per heavy atom. The lowest BCUT2D eigenvalue weighted by atomic mass is 10.1. The number of alkyl halides is 2. The second-order valence-corrected chi connectivity index (χ2v) is 10.1. The maximum absolute atomic E-state index is 12.1. The van der Waals surface area contributed by atoms with Crippen LogP contribution in [0.1, 0.15) is 90.8 Å². The number of ether oxygens (including phenoxy) is 1. The van der Waals surface area contributed by atoms with Gasteiger partial charge in [0.2, 0.25) is 0 Å². The van der Waals surface area contributed by atoms with Gasteiger partial charge in [0, 0.05) is 25.6 Å². The van der Waals surface area contributed by atoms with Crippen LogP contribution in [0.2, 0.25) is 0 Å². The number of fused-ring (bicyclic) bond motifs is 1. The Bertz CT molecular complexity index is 843. The van der Waals surface area contributed by atoms with E-state index in [9.17, 15) is 4.79 Å². The third-order valence-electron chi connectivity index (χ3n) is 6.06. The van der Waals surface area contributed by atoms with Crippen molar-refractivity contribution >= 4 is 45.9 Å². The second-order valence-electron chi connectivity index (χ2n) is 8.86. The largest absolute Gasteiger partial charge is 0.466 e. The number of halogens is 2. The van der Waals surface area contributed by atoms with E-state index in [1.807, 2.05) is 44.0 Å². The van der Waals surface area contributed by atoms with Crippen LogP contribution in [-0.2, 0) is 23.0 Å². The number of aromatic nitrogens is 2. The molecule has 0 spiro atoms. The summed E-state index contributed by atoms with van der Waals surface area (Å²) in [6.45, 7) is 6.59. The highest BCUT2D eigenvalue weighted by atomic mass is 35.5. The number of rotatable bonds is 16. The fourth-order valence-electron chi connectivity index (χ4n) is 4.20. The standard InChI is InChI=1S/C26H41Cl2N3O2/c1-5-6-7-8-9-10-11-12-18-33-26(32)15-13-14-25-29-23-19-22(16-17-24(23)30(25)4)31(20(2)27)21(3)28/h16-17,19-21H,5-15,18H2,1-4H3. The Hall–Kier alpha value is -1.46. The highest BCUT2D eigenvalue weighted by Gasteiger charge is 2.19. The van der Waals surface area contributed by atoms with Gasteiger partial charge < -0.3 is 14.2 Å². The fraction of sp³-hybridized carbons (Fsp3) is 0.692. The van der Waals surface area contributed by atoms with Crippen LogP contribution in [0.25, 0.3) is 11.0 Å². The normalized spacial score (nSPS) is 13.3.